The highest BCUT2D eigenvalue weighted by Gasteiger charge is 2.30. The van der Waals surface area contributed by atoms with Crippen molar-refractivity contribution in [1.29, 1.82) is 0 Å². The molecule has 1 aliphatic carbocycles. The Bertz CT molecular complexity index is 264. The Kier molecular flexibility index (Phi) is 4.80. The minimum Gasteiger partial charge on any atom is -0.346 e. The maximum Gasteiger partial charge on any atom is 0.405 e. The number of amides is 1. The summed E-state index contributed by atoms with van der Waals surface area (Å²) >= 11 is 0. The van der Waals surface area contributed by atoms with Crippen LogP contribution in [0.5, 0.6) is 0 Å². The number of carbonyl (C=O) groups excluding carboxylic acids is 1. The summed E-state index contributed by atoms with van der Waals surface area (Å²) in [7, 11) is 0. The number of carbonyl (C=O) groups is 1. The third-order valence-corrected chi connectivity index (χ3v) is 3.23. The van der Waals surface area contributed by atoms with E-state index in [2.05, 4.69) is 5.32 Å². The summed E-state index contributed by atoms with van der Waals surface area (Å²) in [4.78, 5) is 11.4. The van der Waals surface area contributed by atoms with Gasteiger partial charge in [-0.25, -0.2) is 0 Å². The molecule has 0 bridgehead atoms. The summed E-state index contributed by atoms with van der Waals surface area (Å²) in [5.41, 5.74) is 0. The molecule has 0 aromatic heterocycles. The fourth-order valence-electron chi connectivity index (χ4n) is 1.89. The predicted molar refractivity (Wildman–Crippen MR) is 58.5 cm³/mol. The molecule has 0 radical (unpaired) electrons. The molecule has 0 spiro atoms. The molecule has 2 unspecified atom stereocenters. The lowest BCUT2D eigenvalue weighted by atomic mass is 9.80. The molecule has 0 aromatic rings. The molecule has 0 aliphatic heterocycles. The van der Waals surface area contributed by atoms with Gasteiger partial charge in [-0.15, -0.1) is 0 Å². The molecule has 1 rings (SSSR count). The van der Waals surface area contributed by atoms with E-state index in [1.165, 1.54) is 6.42 Å². The molecule has 1 fully saturated rings. The number of halogens is 3. The van der Waals surface area contributed by atoms with Crippen LogP contribution in [0.2, 0.25) is 0 Å². The first kappa shape index (κ1) is 14.3. The maximum absolute atomic E-state index is 11.9. The van der Waals surface area contributed by atoms with Crippen LogP contribution in [-0.2, 0) is 4.79 Å². The van der Waals surface area contributed by atoms with Gasteiger partial charge in [0.2, 0.25) is 5.91 Å². The van der Waals surface area contributed by atoms with Gasteiger partial charge in [0, 0.05) is 6.04 Å². The van der Waals surface area contributed by atoms with Crippen molar-refractivity contribution in [3.05, 3.63) is 0 Å². The SMILES string of the molecule is CC(NC(C)C1CCC1)C(=O)NCC(F)(F)F. The number of nitrogens with one attached hydrogen (secondary N) is 2. The second kappa shape index (κ2) is 5.71. The van der Waals surface area contributed by atoms with Gasteiger partial charge in [0.1, 0.15) is 6.54 Å². The third-order valence-electron chi connectivity index (χ3n) is 3.23. The molecule has 1 aliphatic rings. The van der Waals surface area contributed by atoms with Gasteiger partial charge in [0.15, 0.2) is 0 Å². The van der Waals surface area contributed by atoms with Crippen LogP contribution >= 0.6 is 0 Å². The van der Waals surface area contributed by atoms with E-state index in [0.717, 1.165) is 12.8 Å². The molecule has 3 nitrogen and oxygen atoms in total. The lowest BCUT2D eigenvalue weighted by Crippen LogP contribution is -2.50. The topological polar surface area (TPSA) is 41.1 Å². The second-order valence-corrected chi connectivity index (χ2v) is 4.70. The Morgan fingerprint density at radius 2 is 1.94 bits per heavy atom. The Morgan fingerprint density at radius 3 is 2.35 bits per heavy atom. The van der Waals surface area contributed by atoms with Crippen molar-refractivity contribution in [3.8, 4) is 0 Å². The molecular formula is C11H19F3N2O. The van der Waals surface area contributed by atoms with Crippen molar-refractivity contribution >= 4 is 5.91 Å². The quantitative estimate of drug-likeness (QED) is 0.783. The number of hydrogen-bond donors (Lipinski definition) is 2. The monoisotopic (exact) mass is 252 g/mol. The van der Waals surface area contributed by atoms with Crippen molar-refractivity contribution in [3.63, 3.8) is 0 Å². The van der Waals surface area contributed by atoms with E-state index in [0.29, 0.717) is 5.92 Å². The summed E-state index contributed by atoms with van der Waals surface area (Å²) in [5, 5.41) is 4.91. The first-order chi connectivity index (χ1) is 7.79. The molecule has 0 heterocycles. The Labute approximate surface area is 99.1 Å². The smallest absolute Gasteiger partial charge is 0.346 e. The van der Waals surface area contributed by atoms with Crippen LogP contribution < -0.4 is 10.6 Å². The lowest BCUT2D eigenvalue weighted by molar-refractivity contribution is -0.139. The van der Waals surface area contributed by atoms with Crippen LogP contribution in [0.4, 0.5) is 13.2 Å². The van der Waals surface area contributed by atoms with Crippen LogP contribution in [0.3, 0.4) is 0 Å². The van der Waals surface area contributed by atoms with Crippen LogP contribution in [0.25, 0.3) is 0 Å². The number of alkyl halides is 3. The van der Waals surface area contributed by atoms with Gasteiger partial charge in [-0.1, -0.05) is 6.42 Å². The summed E-state index contributed by atoms with van der Waals surface area (Å²) in [6.45, 7) is 2.29. The van der Waals surface area contributed by atoms with Crippen molar-refractivity contribution in [2.45, 2.75) is 51.4 Å². The predicted octanol–water partition coefficient (Wildman–Crippen LogP) is 1.83. The van der Waals surface area contributed by atoms with Crippen LogP contribution in [0.1, 0.15) is 33.1 Å². The van der Waals surface area contributed by atoms with Gasteiger partial charge >= 0.3 is 6.18 Å². The normalized spacial score (nSPS) is 20.5. The Hall–Kier alpha value is -0.780. The summed E-state index contributed by atoms with van der Waals surface area (Å²) < 4.78 is 35.7. The molecule has 0 aromatic carbocycles. The van der Waals surface area contributed by atoms with E-state index >= 15 is 0 Å². The van der Waals surface area contributed by atoms with Gasteiger partial charge in [0.25, 0.3) is 0 Å². The molecule has 0 saturated heterocycles. The molecule has 100 valence electrons. The van der Waals surface area contributed by atoms with E-state index in [1.807, 2.05) is 12.2 Å². The minimum absolute atomic E-state index is 0.176. The van der Waals surface area contributed by atoms with E-state index < -0.39 is 24.7 Å². The van der Waals surface area contributed by atoms with Gasteiger partial charge in [0.05, 0.1) is 6.04 Å². The lowest BCUT2D eigenvalue weighted by Gasteiger charge is -2.33. The van der Waals surface area contributed by atoms with Crippen molar-refractivity contribution in [2.75, 3.05) is 6.54 Å². The summed E-state index contributed by atoms with van der Waals surface area (Å²) in [6.07, 6.45) is -0.892. The fourth-order valence-corrected chi connectivity index (χ4v) is 1.89. The van der Waals surface area contributed by atoms with Gasteiger partial charge in [-0.3, -0.25) is 4.79 Å². The van der Waals surface area contributed by atoms with Crippen molar-refractivity contribution in [2.24, 2.45) is 5.92 Å². The molecule has 1 saturated carbocycles. The van der Waals surface area contributed by atoms with E-state index in [4.69, 9.17) is 0 Å². The van der Waals surface area contributed by atoms with E-state index in [1.54, 1.807) is 6.92 Å². The standard InChI is InChI=1S/C11H19F3N2O/c1-7(9-4-3-5-9)16-8(2)10(17)15-6-11(12,13)14/h7-9,16H,3-6H2,1-2H3,(H,15,17). The van der Waals surface area contributed by atoms with E-state index in [9.17, 15) is 18.0 Å². The zero-order chi connectivity index (χ0) is 13.1. The number of rotatable bonds is 5. The average molecular weight is 252 g/mol. The third kappa shape index (κ3) is 4.93. The van der Waals surface area contributed by atoms with E-state index in [-0.39, 0.29) is 6.04 Å². The average Bonchev–Trinajstić information content (AvgIpc) is 2.09. The Balaban J connectivity index is 2.26. The molecular weight excluding hydrogens is 233 g/mol. The highest BCUT2D eigenvalue weighted by molar-refractivity contribution is 5.81. The van der Waals surface area contributed by atoms with Gasteiger partial charge in [-0.2, -0.15) is 13.2 Å². The van der Waals surface area contributed by atoms with Crippen LogP contribution in [0.15, 0.2) is 0 Å². The van der Waals surface area contributed by atoms with Crippen LogP contribution in [0, 0.1) is 5.92 Å². The van der Waals surface area contributed by atoms with Gasteiger partial charge in [-0.05, 0) is 32.6 Å². The first-order valence-corrected chi connectivity index (χ1v) is 5.90. The molecule has 17 heavy (non-hydrogen) atoms. The molecule has 2 atom stereocenters. The van der Waals surface area contributed by atoms with Crippen LogP contribution in [-0.4, -0.2) is 30.7 Å². The molecule has 6 heteroatoms. The second-order valence-electron chi connectivity index (χ2n) is 4.70. The highest BCUT2D eigenvalue weighted by atomic mass is 19.4. The summed E-state index contributed by atoms with van der Waals surface area (Å²) in [6, 6.07) is -0.414. The summed E-state index contributed by atoms with van der Waals surface area (Å²) in [5.74, 6) is -0.0543. The Morgan fingerprint density at radius 1 is 1.35 bits per heavy atom. The highest BCUT2D eigenvalue weighted by Crippen LogP contribution is 2.29. The van der Waals surface area contributed by atoms with Crippen molar-refractivity contribution < 1.29 is 18.0 Å². The zero-order valence-electron chi connectivity index (χ0n) is 10.1. The van der Waals surface area contributed by atoms with Crippen molar-refractivity contribution in [1.82, 2.24) is 10.6 Å². The fraction of sp³-hybridized carbons (Fsp3) is 0.909. The van der Waals surface area contributed by atoms with Gasteiger partial charge < -0.3 is 10.6 Å². The molecule has 1 amide bonds. The maximum atomic E-state index is 11.9. The largest absolute Gasteiger partial charge is 0.405 e. The minimum atomic E-state index is -4.35. The molecule has 2 N–H and O–H groups in total. The first-order valence-electron chi connectivity index (χ1n) is 5.90. The zero-order valence-corrected chi connectivity index (χ0v) is 10.1. The number of hydrogen-bond acceptors (Lipinski definition) is 2.